The summed E-state index contributed by atoms with van der Waals surface area (Å²) in [7, 11) is 7.88. The number of ether oxygens (including phenoxy) is 1. The summed E-state index contributed by atoms with van der Waals surface area (Å²) in [5.41, 5.74) is 0.227. The Morgan fingerprint density at radius 2 is 2.10 bits per heavy atom. The fourth-order valence-corrected chi connectivity index (χ4v) is 2.96. The molecule has 6 heteroatoms. The summed E-state index contributed by atoms with van der Waals surface area (Å²) in [6.07, 6.45) is 1.19. The average Bonchev–Trinajstić information content (AvgIpc) is 2.77. The fraction of sp³-hybridized carbons (Fsp3) is 0.933. The Labute approximate surface area is 147 Å². The van der Waals surface area contributed by atoms with E-state index < -0.39 is 0 Å². The molecule has 0 saturated carbocycles. The van der Waals surface area contributed by atoms with Crippen molar-refractivity contribution in [2.75, 3.05) is 61.0 Å². The van der Waals surface area contributed by atoms with Crippen LogP contribution in [0.25, 0.3) is 0 Å². The van der Waals surface area contributed by atoms with Crippen LogP contribution in [0.15, 0.2) is 4.99 Å². The molecule has 1 saturated heterocycles. The van der Waals surface area contributed by atoms with Crippen LogP contribution in [0.2, 0.25) is 0 Å². The Morgan fingerprint density at radius 1 is 1.43 bits per heavy atom. The summed E-state index contributed by atoms with van der Waals surface area (Å²) in [5, 5.41) is 3.53. The van der Waals surface area contributed by atoms with E-state index in [4.69, 9.17) is 4.74 Å². The molecule has 0 spiro atoms. The van der Waals surface area contributed by atoms with Crippen LogP contribution in [-0.4, -0.2) is 76.8 Å². The van der Waals surface area contributed by atoms with Crippen LogP contribution >= 0.6 is 24.0 Å². The molecule has 0 aromatic heterocycles. The van der Waals surface area contributed by atoms with E-state index >= 15 is 0 Å². The predicted octanol–water partition coefficient (Wildman–Crippen LogP) is 1.74. The molecule has 0 amide bonds. The highest BCUT2D eigenvalue weighted by atomic mass is 127. The summed E-state index contributed by atoms with van der Waals surface area (Å²) < 4.78 is 5.25. The number of rotatable bonds is 6. The van der Waals surface area contributed by atoms with Crippen molar-refractivity contribution < 1.29 is 4.74 Å². The highest BCUT2D eigenvalue weighted by Crippen LogP contribution is 2.18. The van der Waals surface area contributed by atoms with E-state index in [1.54, 1.807) is 7.11 Å². The monoisotopic (exact) mass is 412 g/mol. The molecule has 0 aromatic carbocycles. The largest absolute Gasteiger partial charge is 0.384 e. The Hall–Kier alpha value is -0.0800. The summed E-state index contributed by atoms with van der Waals surface area (Å²) in [6.45, 7) is 9.52. The topological polar surface area (TPSA) is 40.1 Å². The maximum absolute atomic E-state index is 5.25. The van der Waals surface area contributed by atoms with Gasteiger partial charge in [-0.05, 0) is 25.9 Å². The normalized spacial score (nSPS) is 19.9. The zero-order valence-electron chi connectivity index (χ0n) is 14.5. The van der Waals surface area contributed by atoms with Crippen LogP contribution < -0.4 is 5.32 Å². The molecule has 1 fully saturated rings. The lowest BCUT2D eigenvalue weighted by molar-refractivity contribution is 0.157. The van der Waals surface area contributed by atoms with Crippen LogP contribution in [0.3, 0.4) is 0 Å². The molecule has 0 aromatic rings. The van der Waals surface area contributed by atoms with Gasteiger partial charge < -0.3 is 19.9 Å². The van der Waals surface area contributed by atoms with Crippen LogP contribution in [0.1, 0.15) is 20.3 Å². The van der Waals surface area contributed by atoms with E-state index in [9.17, 15) is 0 Å². The molecule has 0 bridgehead atoms. The third-order valence-electron chi connectivity index (χ3n) is 3.67. The van der Waals surface area contributed by atoms with Gasteiger partial charge in [0.1, 0.15) is 0 Å². The predicted molar refractivity (Wildman–Crippen MR) is 101 cm³/mol. The molecule has 0 radical (unpaired) electrons. The number of likely N-dealkylation sites (tertiary alicyclic amines) is 1. The van der Waals surface area contributed by atoms with Crippen molar-refractivity contribution in [3.63, 3.8) is 0 Å². The minimum atomic E-state index is 0. The second kappa shape index (κ2) is 9.84. The maximum atomic E-state index is 5.25. The standard InChI is InChI=1S/C15H32N4O.HI/c1-15(2,12-18(4)5)11-17-14(16-3)19-8-7-13(9-19)10-20-6;/h13H,7-12H2,1-6H3,(H,16,17);1H. The molecular formula is C15H33IN4O. The van der Waals surface area contributed by atoms with Gasteiger partial charge in [-0.3, -0.25) is 4.99 Å². The Bertz CT molecular complexity index is 321. The summed E-state index contributed by atoms with van der Waals surface area (Å²) >= 11 is 0. The van der Waals surface area contributed by atoms with Gasteiger partial charge in [0.15, 0.2) is 5.96 Å². The van der Waals surface area contributed by atoms with Crippen LogP contribution in [0.4, 0.5) is 0 Å². The van der Waals surface area contributed by atoms with E-state index in [-0.39, 0.29) is 29.4 Å². The highest BCUT2D eigenvalue weighted by Gasteiger charge is 2.26. The quantitative estimate of drug-likeness (QED) is 0.410. The molecule has 5 nitrogen and oxygen atoms in total. The lowest BCUT2D eigenvalue weighted by Crippen LogP contribution is -2.46. The minimum Gasteiger partial charge on any atom is -0.384 e. The van der Waals surface area contributed by atoms with E-state index in [2.05, 4.69) is 48.1 Å². The summed E-state index contributed by atoms with van der Waals surface area (Å²) in [5.74, 6) is 1.66. The van der Waals surface area contributed by atoms with Gasteiger partial charge in [0.2, 0.25) is 0 Å². The van der Waals surface area contributed by atoms with Crippen molar-refractivity contribution in [2.45, 2.75) is 20.3 Å². The maximum Gasteiger partial charge on any atom is 0.193 e. The number of hydrogen-bond acceptors (Lipinski definition) is 3. The Balaban J connectivity index is 0.00000400. The number of nitrogens with one attached hydrogen (secondary N) is 1. The van der Waals surface area contributed by atoms with Crippen LogP contribution in [-0.2, 0) is 4.74 Å². The molecule has 126 valence electrons. The Morgan fingerprint density at radius 3 is 2.62 bits per heavy atom. The summed E-state index contributed by atoms with van der Waals surface area (Å²) in [6, 6.07) is 0. The molecule has 1 aliphatic heterocycles. The average molecular weight is 412 g/mol. The Kier molecular flexibility index (Phi) is 9.80. The summed E-state index contributed by atoms with van der Waals surface area (Å²) in [4.78, 5) is 9.00. The molecule has 0 aliphatic carbocycles. The van der Waals surface area contributed by atoms with Gasteiger partial charge in [0, 0.05) is 46.3 Å². The number of methoxy groups -OCH3 is 1. The number of guanidine groups is 1. The molecule has 1 unspecified atom stereocenters. The van der Waals surface area contributed by atoms with Crippen LogP contribution in [0, 0.1) is 11.3 Å². The first kappa shape index (κ1) is 20.9. The smallest absolute Gasteiger partial charge is 0.193 e. The van der Waals surface area contributed by atoms with Crippen molar-refractivity contribution in [3.05, 3.63) is 0 Å². The van der Waals surface area contributed by atoms with Crippen molar-refractivity contribution in [1.82, 2.24) is 15.1 Å². The number of hydrogen-bond donors (Lipinski definition) is 1. The SMILES string of the molecule is CN=C(NCC(C)(C)CN(C)C)N1CCC(COC)C1.I. The van der Waals surface area contributed by atoms with E-state index in [1.807, 2.05) is 7.05 Å². The zero-order valence-corrected chi connectivity index (χ0v) is 16.8. The zero-order chi connectivity index (χ0) is 15.2. The number of aliphatic imine (C=N–C) groups is 1. The van der Waals surface area contributed by atoms with Gasteiger partial charge in [-0.2, -0.15) is 0 Å². The van der Waals surface area contributed by atoms with Crippen molar-refractivity contribution in [1.29, 1.82) is 0 Å². The lowest BCUT2D eigenvalue weighted by Gasteiger charge is -2.31. The third kappa shape index (κ3) is 7.65. The van der Waals surface area contributed by atoms with Gasteiger partial charge in [-0.1, -0.05) is 13.8 Å². The molecule has 1 aliphatic rings. The molecule has 1 heterocycles. The molecule has 1 rings (SSSR count). The second-order valence-corrected chi connectivity index (χ2v) is 6.86. The van der Waals surface area contributed by atoms with E-state index in [0.717, 1.165) is 38.7 Å². The third-order valence-corrected chi connectivity index (χ3v) is 3.67. The molecular weight excluding hydrogens is 379 g/mol. The van der Waals surface area contributed by atoms with Crippen molar-refractivity contribution >= 4 is 29.9 Å². The molecule has 1 N–H and O–H groups in total. The van der Waals surface area contributed by atoms with Gasteiger partial charge in [0.25, 0.3) is 0 Å². The first-order valence-corrected chi connectivity index (χ1v) is 7.47. The van der Waals surface area contributed by atoms with Crippen molar-refractivity contribution in [3.8, 4) is 0 Å². The number of nitrogens with zero attached hydrogens (tertiary/aromatic N) is 3. The van der Waals surface area contributed by atoms with Gasteiger partial charge in [-0.15, -0.1) is 24.0 Å². The van der Waals surface area contributed by atoms with Crippen molar-refractivity contribution in [2.24, 2.45) is 16.3 Å². The number of halogens is 1. The second-order valence-electron chi connectivity index (χ2n) is 6.86. The van der Waals surface area contributed by atoms with Crippen LogP contribution in [0.5, 0.6) is 0 Å². The molecule has 21 heavy (non-hydrogen) atoms. The lowest BCUT2D eigenvalue weighted by atomic mass is 9.93. The van der Waals surface area contributed by atoms with E-state index in [0.29, 0.717) is 5.92 Å². The first-order valence-electron chi connectivity index (χ1n) is 7.47. The molecule has 1 atom stereocenters. The van der Waals surface area contributed by atoms with E-state index in [1.165, 1.54) is 6.42 Å². The fourth-order valence-electron chi connectivity index (χ4n) is 2.96. The van der Waals surface area contributed by atoms with Gasteiger partial charge in [-0.25, -0.2) is 0 Å². The first-order chi connectivity index (χ1) is 9.38. The van der Waals surface area contributed by atoms with Gasteiger partial charge in [0.05, 0.1) is 6.61 Å². The van der Waals surface area contributed by atoms with Gasteiger partial charge >= 0.3 is 0 Å². The minimum absolute atomic E-state index is 0. The highest BCUT2D eigenvalue weighted by molar-refractivity contribution is 14.0.